The van der Waals surface area contributed by atoms with Crippen molar-refractivity contribution in [1.29, 1.82) is 0 Å². The van der Waals surface area contributed by atoms with E-state index >= 15 is 0 Å². The topological polar surface area (TPSA) is 28.2 Å². The Kier molecular flexibility index (Phi) is 2.91. The Morgan fingerprint density at radius 3 is 2.76 bits per heavy atom. The SMILES string of the molecule is CCNc1cncc(N2CC3CCCC3C2)c1. The van der Waals surface area contributed by atoms with E-state index in [0.29, 0.717) is 0 Å². The minimum Gasteiger partial charge on any atom is -0.384 e. The fraction of sp³-hybridized carbons (Fsp3) is 0.643. The van der Waals surface area contributed by atoms with Gasteiger partial charge < -0.3 is 10.2 Å². The first-order chi connectivity index (χ1) is 8.36. The summed E-state index contributed by atoms with van der Waals surface area (Å²) in [5.41, 5.74) is 2.43. The molecule has 1 N–H and O–H groups in total. The number of aromatic nitrogens is 1. The van der Waals surface area contributed by atoms with Gasteiger partial charge >= 0.3 is 0 Å². The molecule has 1 aromatic rings. The van der Waals surface area contributed by atoms with Crippen molar-refractivity contribution in [3.63, 3.8) is 0 Å². The van der Waals surface area contributed by atoms with Gasteiger partial charge in [0, 0.05) is 19.6 Å². The minimum atomic E-state index is 0.942. The Morgan fingerprint density at radius 1 is 1.29 bits per heavy atom. The minimum absolute atomic E-state index is 0.942. The molecule has 17 heavy (non-hydrogen) atoms. The van der Waals surface area contributed by atoms with Crippen LogP contribution in [0, 0.1) is 11.8 Å². The fourth-order valence-electron chi connectivity index (χ4n) is 3.35. The first-order valence-corrected chi connectivity index (χ1v) is 6.80. The summed E-state index contributed by atoms with van der Waals surface area (Å²) in [5, 5.41) is 3.33. The second-order valence-corrected chi connectivity index (χ2v) is 5.32. The number of anilines is 2. The molecule has 0 bridgehead atoms. The molecule has 0 radical (unpaired) electrons. The van der Waals surface area contributed by atoms with E-state index in [1.54, 1.807) is 0 Å². The lowest BCUT2D eigenvalue weighted by atomic mass is 10.0. The van der Waals surface area contributed by atoms with Gasteiger partial charge in [0.25, 0.3) is 0 Å². The molecule has 0 amide bonds. The maximum atomic E-state index is 4.34. The average Bonchev–Trinajstić information content (AvgIpc) is 2.89. The van der Waals surface area contributed by atoms with Gasteiger partial charge in [-0.05, 0) is 37.7 Å². The van der Waals surface area contributed by atoms with Crippen molar-refractivity contribution in [1.82, 2.24) is 4.98 Å². The normalized spacial score (nSPS) is 27.2. The molecule has 2 atom stereocenters. The van der Waals surface area contributed by atoms with Gasteiger partial charge in [0.15, 0.2) is 0 Å². The van der Waals surface area contributed by atoms with E-state index in [-0.39, 0.29) is 0 Å². The van der Waals surface area contributed by atoms with Gasteiger partial charge in [-0.1, -0.05) is 6.42 Å². The van der Waals surface area contributed by atoms with E-state index in [9.17, 15) is 0 Å². The van der Waals surface area contributed by atoms with Crippen LogP contribution < -0.4 is 10.2 Å². The van der Waals surface area contributed by atoms with Crippen LogP contribution in [0.2, 0.25) is 0 Å². The zero-order valence-electron chi connectivity index (χ0n) is 10.5. The second kappa shape index (κ2) is 4.55. The standard InChI is InChI=1S/C14H21N3/c1-2-16-13-6-14(8-15-7-13)17-9-11-4-3-5-12(11)10-17/h6-8,11-12,16H,2-5,9-10H2,1H3. The van der Waals surface area contributed by atoms with Crippen LogP contribution in [0.25, 0.3) is 0 Å². The molecule has 92 valence electrons. The Balaban J connectivity index is 1.74. The summed E-state index contributed by atoms with van der Waals surface area (Å²) >= 11 is 0. The maximum Gasteiger partial charge on any atom is 0.0573 e. The molecule has 1 saturated carbocycles. The summed E-state index contributed by atoms with van der Waals surface area (Å²) < 4.78 is 0. The second-order valence-electron chi connectivity index (χ2n) is 5.32. The molecule has 1 aliphatic carbocycles. The smallest absolute Gasteiger partial charge is 0.0573 e. The van der Waals surface area contributed by atoms with E-state index in [0.717, 1.165) is 24.1 Å². The number of pyridine rings is 1. The molecule has 1 aliphatic heterocycles. The molecule has 2 unspecified atom stereocenters. The van der Waals surface area contributed by atoms with Crippen molar-refractivity contribution in [2.45, 2.75) is 26.2 Å². The molecule has 2 aliphatic rings. The van der Waals surface area contributed by atoms with Gasteiger partial charge in [-0.2, -0.15) is 0 Å². The maximum absolute atomic E-state index is 4.34. The highest BCUT2D eigenvalue weighted by molar-refractivity contribution is 5.56. The van der Waals surface area contributed by atoms with Crippen LogP contribution in [-0.2, 0) is 0 Å². The van der Waals surface area contributed by atoms with E-state index in [4.69, 9.17) is 0 Å². The number of fused-ring (bicyclic) bond motifs is 1. The summed E-state index contributed by atoms with van der Waals surface area (Å²) in [5.74, 6) is 1.88. The number of hydrogen-bond donors (Lipinski definition) is 1. The highest BCUT2D eigenvalue weighted by atomic mass is 15.2. The van der Waals surface area contributed by atoms with E-state index in [1.807, 2.05) is 12.4 Å². The van der Waals surface area contributed by atoms with Crippen molar-refractivity contribution in [3.8, 4) is 0 Å². The van der Waals surface area contributed by atoms with Crippen LogP contribution in [0.15, 0.2) is 18.5 Å². The van der Waals surface area contributed by atoms with E-state index < -0.39 is 0 Å². The van der Waals surface area contributed by atoms with Gasteiger partial charge in [0.1, 0.15) is 0 Å². The third-order valence-corrected chi connectivity index (χ3v) is 4.20. The fourth-order valence-corrected chi connectivity index (χ4v) is 3.35. The monoisotopic (exact) mass is 231 g/mol. The van der Waals surface area contributed by atoms with Crippen LogP contribution >= 0.6 is 0 Å². The van der Waals surface area contributed by atoms with Gasteiger partial charge in [0.05, 0.1) is 23.8 Å². The molecule has 3 nitrogen and oxygen atoms in total. The Hall–Kier alpha value is -1.25. The van der Waals surface area contributed by atoms with Crippen LogP contribution in [0.5, 0.6) is 0 Å². The highest BCUT2D eigenvalue weighted by Crippen LogP contribution is 2.39. The van der Waals surface area contributed by atoms with Gasteiger partial charge in [-0.3, -0.25) is 4.98 Å². The predicted octanol–water partition coefficient (Wildman–Crippen LogP) is 2.75. The lowest BCUT2D eigenvalue weighted by molar-refractivity contribution is 0.494. The summed E-state index contributed by atoms with van der Waals surface area (Å²) in [4.78, 5) is 6.85. The molecule has 2 fully saturated rings. The van der Waals surface area contributed by atoms with Gasteiger partial charge in [-0.25, -0.2) is 0 Å². The average molecular weight is 231 g/mol. The zero-order chi connectivity index (χ0) is 11.7. The molecule has 0 spiro atoms. The summed E-state index contributed by atoms with van der Waals surface area (Å²) in [7, 11) is 0. The molecular weight excluding hydrogens is 210 g/mol. The first kappa shape index (κ1) is 10.9. The largest absolute Gasteiger partial charge is 0.384 e. The summed E-state index contributed by atoms with van der Waals surface area (Å²) in [6.07, 6.45) is 8.22. The Bertz CT molecular complexity index is 379. The molecular formula is C14H21N3. The number of rotatable bonds is 3. The van der Waals surface area contributed by atoms with E-state index in [1.165, 1.54) is 38.0 Å². The Labute approximate surface area is 103 Å². The van der Waals surface area contributed by atoms with E-state index in [2.05, 4.69) is 28.2 Å². The summed E-state index contributed by atoms with van der Waals surface area (Å²) in [6.45, 7) is 5.55. The molecule has 3 rings (SSSR count). The van der Waals surface area contributed by atoms with Crippen LogP contribution in [0.1, 0.15) is 26.2 Å². The predicted molar refractivity (Wildman–Crippen MR) is 71.4 cm³/mol. The first-order valence-electron chi connectivity index (χ1n) is 6.80. The third kappa shape index (κ3) is 2.11. The van der Waals surface area contributed by atoms with Crippen LogP contribution in [-0.4, -0.2) is 24.6 Å². The molecule has 0 aromatic carbocycles. The van der Waals surface area contributed by atoms with Crippen molar-refractivity contribution in [3.05, 3.63) is 18.5 Å². The van der Waals surface area contributed by atoms with Crippen LogP contribution in [0.3, 0.4) is 0 Å². The van der Waals surface area contributed by atoms with Crippen LogP contribution in [0.4, 0.5) is 11.4 Å². The lowest BCUT2D eigenvalue weighted by Gasteiger charge is -2.19. The quantitative estimate of drug-likeness (QED) is 0.867. The molecule has 3 heteroatoms. The lowest BCUT2D eigenvalue weighted by Crippen LogP contribution is -2.20. The zero-order valence-corrected chi connectivity index (χ0v) is 10.5. The number of nitrogens with zero attached hydrogens (tertiary/aromatic N) is 2. The molecule has 2 heterocycles. The van der Waals surface area contributed by atoms with Crippen molar-refractivity contribution >= 4 is 11.4 Å². The van der Waals surface area contributed by atoms with Crippen molar-refractivity contribution in [2.24, 2.45) is 11.8 Å². The third-order valence-electron chi connectivity index (χ3n) is 4.20. The Morgan fingerprint density at radius 2 is 2.06 bits per heavy atom. The number of nitrogens with one attached hydrogen (secondary N) is 1. The molecule has 1 aromatic heterocycles. The van der Waals surface area contributed by atoms with Crippen molar-refractivity contribution in [2.75, 3.05) is 29.9 Å². The number of hydrogen-bond acceptors (Lipinski definition) is 3. The van der Waals surface area contributed by atoms with Gasteiger partial charge in [0.2, 0.25) is 0 Å². The molecule has 1 saturated heterocycles. The van der Waals surface area contributed by atoms with Crippen molar-refractivity contribution < 1.29 is 0 Å². The highest BCUT2D eigenvalue weighted by Gasteiger charge is 2.36. The van der Waals surface area contributed by atoms with Gasteiger partial charge in [-0.15, -0.1) is 0 Å². The summed E-state index contributed by atoms with van der Waals surface area (Å²) in [6, 6.07) is 2.23.